The number of hydrogen-bond acceptors (Lipinski definition) is 2. The van der Waals surface area contributed by atoms with E-state index in [4.69, 9.17) is 11.6 Å². The highest BCUT2D eigenvalue weighted by molar-refractivity contribution is 7.98. The molecule has 0 aliphatic rings. The highest BCUT2D eigenvalue weighted by Gasteiger charge is 2.07. The van der Waals surface area contributed by atoms with Crippen molar-refractivity contribution in [3.05, 3.63) is 63.7 Å². The molecular formula is C18H22ClNS. The van der Waals surface area contributed by atoms with Gasteiger partial charge in [-0.15, -0.1) is 11.8 Å². The van der Waals surface area contributed by atoms with Gasteiger partial charge in [0.1, 0.15) is 0 Å². The lowest BCUT2D eigenvalue weighted by Gasteiger charge is -2.12. The maximum atomic E-state index is 6.34. The van der Waals surface area contributed by atoms with Crippen molar-refractivity contribution in [1.29, 1.82) is 0 Å². The van der Waals surface area contributed by atoms with Crippen LogP contribution in [0.5, 0.6) is 0 Å². The summed E-state index contributed by atoms with van der Waals surface area (Å²) in [6.45, 7) is 8.19. The zero-order chi connectivity index (χ0) is 15.2. The van der Waals surface area contributed by atoms with Crippen LogP contribution in [0.1, 0.15) is 29.2 Å². The van der Waals surface area contributed by atoms with E-state index in [2.05, 4.69) is 50.4 Å². The maximum Gasteiger partial charge on any atom is 0.0462 e. The number of hydrogen-bond donors (Lipinski definition) is 1. The highest BCUT2D eigenvalue weighted by Crippen LogP contribution is 2.31. The molecule has 2 aromatic rings. The average molecular weight is 320 g/mol. The van der Waals surface area contributed by atoms with Gasteiger partial charge in [0.25, 0.3) is 0 Å². The molecule has 21 heavy (non-hydrogen) atoms. The third-order valence-electron chi connectivity index (χ3n) is 3.30. The Labute approximate surface area is 137 Å². The molecule has 0 radical (unpaired) electrons. The Balaban J connectivity index is 2.13. The number of rotatable bonds is 6. The summed E-state index contributed by atoms with van der Waals surface area (Å²) in [6.07, 6.45) is 0. The lowest BCUT2D eigenvalue weighted by Crippen LogP contribution is -2.12. The fraction of sp³-hybridized carbons (Fsp3) is 0.333. The monoisotopic (exact) mass is 319 g/mol. The predicted octanol–water partition coefficient (Wildman–Crippen LogP) is 5.36. The molecule has 0 aliphatic heterocycles. The maximum absolute atomic E-state index is 6.34. The summed E-state index contributed by atoms with van der Waals surface area (Å²) >= 11 is 8.20. The molecule has 0 spiro atoms. The minimum absolute atomic E-state index is 0.825. The molecule has 0 amide bonds. The first kappa shape index (κ1) is 16.4. The molecule has 1 N–H and O–H groups in total. The standard InChI is InChI=1S/C18H22ClNS/c1-4-20-11-16-17(19)6-5-7-18(16)21-12-15-9-13(2)8-14(3)10-15/h5-10,20H,4,11-12H2,1-3H3. The summed E-state index contributed by atoms with van der Waals surface area (Å²) in [5.41, 5.74) is 5.22. The van der Waals surface area contributed by atoms with Gasteiger partial charge in [-0.3, -0.25) is 0 Å². The quantitative estimate of drug-likeness (QED) is 0.719. The van der Waals surface area contributed by atoms with Gasteiger partial charge < -0.3 is 5.32 Å². The van der Waals surface area contributed by atoms with Crippen molar-refractivity contribution in [3.8, 4) is 0 Å². The fourth-order valence-corrected chi connectivity index (χ4v) is 3.73. The number of thioether (sulfide) groups is 1. The molecule has 0 unspecified atom stereocenters. The minimum atomic E-state index is 0.825. The smallest absolute Gasteiger partial charge is 0.0462 e. The first-order valence-corrected chi connectivity index (χ1v) is 8.64. The van der Waals surface area contributed by atoms with Gasteiger partial charge in [0, 0.05) is 22.2 Å². The van der Waals surface area contributed by atoms with Crippen LogP contribution >= 0.6 is 23.4 Å². The second kappa shape index (κ2) is 7.88. The topological polar surface area (TPSA) is 12.0 Å². The van der Waals surface area contributed by atoms with E-state index >= 15 is 0 Å². The van der Waals surface area contributed by atoms with Crippen molar-refractivity contribution in [3.63, 3.8) is 0 Å². The normalized spacial score (nSPS) is 10.9. The van der Waals surface area contributed by atoms with E-state index in [1.165, 1.54) is 27.1 Å². The largest absolute Gasteiger partial charge is 0.313 e. The lowest BCUT2D eigenvalue weighted by atomic mass is 10.1. The van der Waals surface area contributed by atoms with Crippen molar-refractivity contribution in [2.24, 2.45) is 0 Å². The van der Waals surface area contributed by atoms with Gasteiger partial charge in [-0.25, -0.2) is 0 Å². The molecule has 0 aromatic heterocycles. The third kappa shape index (κ3) is 4.77. The Kier molecular flexibility index (Phi) is 6.16. The van der Waals surface area contributed by atoms with Crippen molar-refractivity contribution in [1.82, 2.24) is 5.32 Å². The molecule has 0 saturated heterocycles. The summed E-state index contributed by atoms with van der Waals surface area (Å²) in [4.78, 5) is 1.27. The molecule has 2 aromatic carbocycles. The van der Waals surface area contributed by atoms with Crippen molar-refractivity contribution in [2.45, 2.75) is 38.0 Å². The van der Waals surface area contributed by atoms with E-state index < -0.39 is 0 Å². The van der Waals surface area contributed by atoms with Gasteiger partial charge in [0.15, 0.2) is 0 Å². The molecule has 0 saturated carbocycles. The lowest BCUT2D eigenvalue weighted by molar-refractivity contribution is 0.718. The van der Waals surface area contributed by atoms with Crippen molar-refractivity contribution in [2.75, 3.05) is 6.54 Å². The molecule has 0 fully saturated rings. The van der Waals surface area contributed by atoms with Crippen LogP contribution < -0.4 is 5.32 Å². The Morgan fingerprint density at radius 2 is 1.81 bits per heavy atom. The van der Waals surface area contributed by atoms with Crippen molar-refractivity contribution < 1.29 is 0 Å². The molecule has 1 nitrogen and oxygen atoms in total. The van der Waals surface area contributed by atoms with Crippen LogP contribution in [-0.2, 0) is 12.3 Å². The molecule has 0 heterocycles. The second-order valence-electron chi connectivity index (χ2n) is 5.28. The zero-order valence-corrected chi connectivity index (χ0v) is 14.4. The molecule has 0 atom stereocenters. The summed E-state index contributed by atoms with van der Waals surface area (Å²) < 4.78 is 0. The van der Waals surface area contributed by atoms with Crippen LogP contribution in [-0.4, -0.2) is 6.54 Å². The first-order chi connectivity index (χ1) is 10.1. The zero-order valence-electron chi connectivity index (χ0n) is 12.9. The van der Waals surface area contributed by atoms with Crippen LogP contribution in [0.15, 0.2) is 41.3 Å². The average Bonchev–Trinajstić information content (AvgIpc) is 2.43. The van der Waals surface area contributed by atoms with Crippen LogP contribution in [0.4, 0.5) is 0 Å². The van der Waals surface area contributed by atoms with E-state index in [1.54, 1.807) is 0 Å². The summed E-state index contributed by atoms with van der Waals surface area (Å²) in [5.74, 6) is 0.974. The van der Waals surface area contributed by atoms with E-state index in [9.17, 15) is 0 Å². The molecule has 2 rings (SSSR count). The second-order valence-corrected chi connectivity index (χ2v) is 6.71. The fourth-order valence-electron chi connectivity index (χ4n) is 2.41. The summed E-state index contributed by atoms with van der Waals surface area (Å²) in [5, 5.41) is 4.21. The van der Waals surface area contributed by atoms with Gasteiger partial charge in [-0.05, 0) is 43.7 Å². The third-order valence-corrected chi connectivity index (χ3v) is 4.83. The van der Waals surface area contributed by atoms with E-state index in [1.807, 2.05) is 23.9 Å². The molecule has 112 valence electrons. The predicted molar refractivity (Wildman–Crippen MR) is 94.3 cm³/mol. The van der Waals surface area contributed by atoms with Gasteiger partial charge in [0.05, 0.1) is 0 Å². The molecule has 0 aliphatic carbocycles. The minimum Gasteiger partial charge on any atom is -0.313 e. The van der Waals surface area contributed by atoms with Gasteiger partial charge >= 0.3 is 0 Å². The number of halogens is 1. The Bertz CT molecular complexity index is 590. The van der Waals surface area contributed by atoms with Gasteiger partial charge in [0.2, 0.25) is 0 Å². The highest BCUT2D eigenvalue weighted by atomic mass is 35.5. The van der Waals surface area contributed by atoms with Crippen LogP contribution in [0.25, 0.3) is 0 Å². The number of aryl methyl sites for hydroxylation is 2. The van der Waals surface area contributed by atoms with E-state index in [0.29, 0.717) is 0 Å². The van der Waals surface area contributed by atoms with E-state index in [0.717, 1.165) is 23.9 Å². The number of nitrogens with one attached hydrogen (secondary N) is 1. The first-order valence-electron chi connectivity index (χ1n) is 7.28. The van der Waals surface area contributed by atoms with Gasteiger partial charge in [-0.1, -0.05) is 53.9 Å². The number of benzene rings is 2. The Hall–Kier alpha value is -0.960. The summed E-state index contributed by atoms with van der Waals surface area (Å²) in [6, 6.07) is 12.9. The Morgan fingerprint density at radius 1 is 1.10 bits per heavy atom. The van der Waals surface area contributed by atoms with Crippen molar-refractivity contribution >= 4 is 23.4 Å². The van der Waals surface area contributed by atoms with E-state index in [-0.39, 0.29) is 0 Å². The molecule has 3 heteroatoms. The van der Waals surface area contributed by atoms with Crippen LogP contribution in [0, 0.1) is 13.8 Å². The summed E-state index contributed by atoms with van der Waals surface area (Å²) in [7, 11) is 0. The SMILES string of the molecule is CCNCc1c(Cl)cccc1SCc1cc(C)cc(C)c1. The molecule has 0 bridgehead atoms. The van der Waals surface area contributed by atoms with Crippen LogP contribution in [0.3, 0.4) is 0 Å². The molecular weight excluding hydrogens is 298 g/mol. The van der Waals surface area contributed by atoms with Gasteiger partial charge in [-0.2, -0.15) is 0 Å². The Morgan fingerprint density at radius 3 is 2.48 bits per heavy atom. The van der Waals surface area contributed by atoms with Crippen LogP contribution in [0.2, 0.25) is 5.02 Å².